The zero-order chi connectivity index (χ0) is 23.3. The Morgan fingerprint density at radius 2 is 1.91 bits per heavy atom. The van der Waals surface area contributed by atoms with E-state index in [1.807, 2.05) is 44.2 Å². The molecule has 4 aromatic rings. The highest BCUT2D eigenvalue weighted by Crippen LogP contribution is 2.32. The number of carbonyl (C=O) groups is 1. The van der Waals surface area contributed by atoms with E-state index in [0.717, 1.165) is 33.5 Å². The van der Waals surface area contributed by atoms with Gasteiger partial charge in [0, 0.05) is 21.6 Å². The van der Waals surface area contributed by atoms with Crippen molar-refractivity contribution in [2.45, 2.75) is 39.3 Å². The van der Waals surface area contributed by atoms with Gasteiger partial charge in [-0.05, 0) is 55.7 Å². The van der Waals surface area contributed by atoms with Gasteiger partial charge >= 0.3 is 5.69 Å². The number of rotatable bonds is 4. The van der Waals surface area contributed by atoms with Gasteiger partial charge in [0.25, 0.3) is 5.56 Å². The van der Waals surface area contributed by atoms with Crippen molar-refractivity contribution in [3.63, 3.8) is 0 Å². The molecular formula is C25H22ClN3O3S. The number of aryl methyl sites for hydroxylation is 1. The van der Waals surface area contributed by atoms with E-state index in [9.17, 15) is 14.4 Å². The first-order valence-corrected chi connectivity index (χ1v) is 12.0. The standard InChI is InChI=1S/C25H22ClN3O3S/c1-3-19-13-20-23(31)29(18-9-6-8-17(26)12-18)25(32)27(24(20)33-19)14-22(30)28-15(2)11-16-7-4-5-10-21(16)28/h4-10,12-13,15H,3,11,14H2,1-2H3. The predicted molar refractivity (Wildman–Crippen MR) is 133 cm³/mol. The lowest BCUT2D eigenvalue weighted by atomic mass is 10.1. The molecule has 0 spiro atoms. The van der Waals surface area contributed by atoms with Crippen molar-refractivity contribution in [1.29, 1.82) is 0 Å². The van der Waals surface area contributed by atoms with E-state index in [-0.39, 0.29) is 18.5 Å². The fourth-order valence-electron chi connectivity index (χ4n) is 4.51. The molecule has 3 heterocycles. The van der Waals surface area contributed by atoms with Crippen molar-refractivity contribution >= 4 is 44.7 Å². The van der Waals surface area contributed by atoms with Gasteiger partial charge in [-0.25, -0.2) is 9.36 Å². The Morgan fingerprint density at radius 3 is 2.67 bits per heavy atom. The number of aromatic nitrogens is 2. The van der Waals surface area contributed by atoms with Crippen molar-refractivity contribution in [3.05, 3.63) is 90.9 Å². The summed E-state index contributed by atoms with van der Waals surface area (Å²) in [6.07, 6.45) is 1.50. The number of amides is 1. The first-order valence-electron chi connectivity index (χ1n) is 10.8. The number of benzene rings is 2. The molecule has 1 unspecified atom stereocenters. The molecule has 8 heteroatoms. The summed E-state index contributed by atoms with van der Waals surface area (Å²) in [7, 11) is 0. The number of carbonyl (C=O) groups excluding carboxylic acids is 1. The topological polar surface area (TPSA) is 64.3 Å². The van der Waals surface area contributed by atoms with Gasteiger partial charge in [0.05, 0.1) is 11.1 Å². The molecule has 0 saturated heterocycles. The van der Waals surface area contributed by atoms with Gasteiger partial charge in [-0.15, -0.1) is 11.3 Å². The van der Waals surface area contributed by atoms with E-state index < -0.39 is 11.2 Å². The summed E-state index contributed by atoms with van der Waals surface area (Å²) in [5, 5.41) is 0.850. The number of anilines is 1. The van der Waals surface area contributed by atoms with Crippen molar-refractivity contribution < 1.29 is 4.79 Å². The number of thiophene rings is 1. The normalized spacial score (nSPS) is 15.2. The maximum atomic E-state index is 13.6. The van der Waals surface area contributed by atoms with Crippen LogP contribution < -0.4 is 16.1 Å². The lowest BCUT2D eigenvalue weighted by Crippen LogP contribution is -2.44. The van der Waals surface area contributed by atoms with Crippen LogP contribution in [-0.4, -0.2) is 21.1 Å². The van der Waals surface area contributed by atoms with Gasteiger partial charge in [-0.1, -0.05) is 42.8 Å². The lowest BCUT2D eigenvalue weighted by Gasteiger charge is -2.23. The van der Waals surface area contributed by atoms with Crippen LogP contribution in [0, 0.1) is 0 Å². The van der Waals surface area contributed by atoms with Gasteiger partial charge in [-0.3, -0.25) is 14.2 Å². The van der Waals surface area contributed by atoms with Gasteiger partial charge in [-0.2, -0.15) is 0 Å². The van der Waals surface area contributed by atoms with Crippen LogP contribution in [0.25, 0.3) is 15.9 Å². The van der Waals surface area contributed by atoms with Crippen LogP contribution in [0.2, 0.25) is 5.02 Å². The Bertz CT molecular complexity index is 1520. The molecular weight excluding hydrogens is 458 g/mol. The third-order valence-corrected chi connectivity index (χ3v) is 7.59. The second-order valence-electron chi connectivity index (χ2n) is 8.22. The molecule has 0 aliphatic carbocycles. The van der Waals surface area contributed by atoms with Gasteiger partial charge in [0.2, 0.25) is 5.91 Å². The average molecular weight is 480 g/mol. The Balaban J connectivity index is 1.68. The molecule has 0 fully saturated rings. The van der Waals surface area contributed by atoms with Gasteiger partial charge in [0.15, 0.2) is 0 Å². The summed E-state index contributed by atoms with van der Waals surface area (Å²) < 4.78 is 2.53. The molecule has 33 heavy (non-hydrogen) atoms. The zero-order valence-electron chi connectivity index (χ0n) is 18.2. The van der Waals surface area contributed by atoms with Crippen molar-refractivity contribution in [2.75, 3.05) is 4.90 Å². The fraction of sp³-hybridized carbons (Fsp3) is 0.240. The zero-order valence-corrected chi connectivity index (χ0v) is 19.8. The molecule has 2 aromatic carbocycles. The van der Waals surface area contributed by atoms with E-state index in [1.54, 1.807) is 29.2 Å². The van der Waals surface area contributed by atoms with Crippen molar-refractivity contribution in [2.24, 2.45) is 0 Å². The van der Waals surface area contributed by atoms with Gasteiger partial charge < -0.3 is 4.90 Å². The minimum Gasteiger partial charge on any atom is -0.307 e. The second-order valence-corrected chi connectivity index (χ2v) is 9.77. The third kappa shape index (κ3) is 3.61. The summed E-state index contributed by atoms with van der Waals surface area (Å²) in [4.78, 5) is 43.7. The fourth-order valence-corrected chi connectivity index (χ4v) is 5.78. The number of fused-ring (bicyclic) bond motifs is 2. The molecule has 0 N–H and O–H groups in total. The lowest BCUT2D eigenvalue weighted by molar-refractivity contribution is -0.119. The number of hydrogen-bond donors (Lipinski definition) is 0. The number of para-hydroxylation sites is 1. The number of nitrogens with zero attached hydrogens (tertiary/aromatic N) is 3. The van der Waals surface area contributed by atoms with Crippen LogP contribution in [0.5, 0.6) is 0 Å². The largest absolute Gasteiger partial charge is 0.337 e. The first kappa shape index (κ1) is 21.7. The number of hydrogen-bond acceptors (Lipinski definition) is 4. The molecule has 0 bridgehead atoms. The van der Waals surface area contributed by atoms with E-state index in [1.165, 1.54) is 15.9 Å². The van der Waals surface area contributed by atoms with E-state index in [2.05, 4.69) is 0 Å². The van der Waals surface area contributed by atoms with Crippen LogP contribution in [0.15, 0.2) is 64.2 Å². The molecule has 0 radical (unpaired) electrons. The predicted octanol–water partition coefficient (Wildman–Crippen LogP) is 4.41. The summed E-state index contributed by atoms with van der Waals surface area (Å²) in [5.74, 6) is -0.182. The summed E-state index contributed by atoms with van der Waals surface area (Å²) >= 11 is 7.52. The first-order chi connectivity index (χ1) is 15.9. The quantitative estimate of drug-likeness (QED) is 0.435. The maximum Gasteiger partial charge on any atom is 0.337 e. The molecule has 168 valence electrons. The van der Waals surface area contributed by atoms with Crippen LogP contribution in [0.3, 0.4) is 0 Å². The molecule has 1 aliphatic heterocycles. The Kier molecular flexibility index (Phi) is 5.46. The molecule has 1 atom stereocenters. The molecule has 1 amide bonds. The van der Waals surface area contributed by atoms with Crippen LogP contribution in [0.1, 0.15) is 24.3 Å². The van der Waals surface area contributed by atoms with Crippen molar-refractivity contribution in [3.8, 4) is 5.69 Å². The number of halogens is 1. The summed E-state index contributed by atoms with van der Waals surface area (Å²) in [6, 6.07) is 16.3. The molecule has 1 aliphatic rings. The Morgan fingerprint density at radius 1 is 1.12 bits per heavy atom. The second kappa shape index (κ2) is 8.32. The van der Waals surface area contributed by atoms with Gasteiger partial charge in [0.1, 0.15) is 11.4 Å². The highest BCUT2D eigenvalue weighted by molar-refractivity contribution is 7.18. The Hall–Kier alpha value is -3.16. The highest BCUT2D eigenvalue weighted by Gasteiger charge is 2.31. The molecule has 0 saturated carbocycles. The van der Waals surface area contributed by atoms with E-state index in [4.69, 9.17) is 11.6 Å². The summed E-state index contributed by atoms with van der Waals surface area (Å²) in [6.45, 7) is 3.85. The molecule has 2 aromatic heterocycles. The molecule has 5 rings (SSSR count). The minimum absolute atomic E-state index is 0.00512. The minimum atomic E-state index is -0.548. The van der Waals surface area contributed by atoms with E-state index >= 15 is 0 Å². The maximum absolute atomic E-state index is 13.6. The average Bonchev–Trinajstić information content (AvgIpc) is 3.37. The molecule has 6 nitrogen and oxygen atoms in total. The highest BCUT2D eigenvalue weighted by atomic mass is 35.5. The van der Waals surface area contributed by atoms with E-state index in [0.29, 0.717) is 20.9 Å². The SMILES string of the molecule is CCc1cc2c(=O)n(-c3cccc(Cl)c3)c(=O)n(CC(=O)N3c4ccccc4CC3C)c2s1. The van der Waals surface area contributed by atoms with Crippen LogP contribution in [0.4, 0.5) is 5.69 Å². The monoisotopic (exact) mass is 479 g/mol. The van der Waals surface area contributed by atoms with Crippen LogP contribution in [-0.2, 0) is 24.2 Å². The van der Waals surface area contributed by atoms with Crippen molar-refractivity contribution in [1.82, 2.24) is 9.13 Å². The summed E-state index contributed by atoms with van der Waals surface area (Å²) in [5.41, 5.74) is 1.42. The smallest absolute Gasteiger partial charge is 0.307 e. The van der Waals surface area contributed by atoms with Crippen LogP contribution >= 0.6 is 22.9 Å². The Labute approximate surface area is 199 Å². The third-order valence-electron chi connectivity index (χ3n) is 6.05.